The summed E-state index contributed by atoms with van der Waals surface area (Å²) in [5.74, 6) is 0.777. The average Bonchev–Trinajstić information content (AvgIpc) is 3.32. The Bertz CT molecular complexity index is 1380. The van der Waals surface area contributed by atoms with Gasteiger partial charge in [0.05, 0.1) is 17.6 Å². The molecular formula is C23H19N5OS. The van der Waals surface area contributed by atoms with E-state index in [-0.39, 0.29) is 0 Å². The van der Waals surface area contributed by atoms with Crippen LogP contribution in [0, 0.1) is 0 Å². The smallest absolute Gasteiger partial charge is 0.332 e. The molecule has 0 bridgehead atoms. The van der Waals surface area contributed by atoms with Crippen molar-refractivity contribution in [3.63, 3.8) is 0 Å². The molecule has 0 aliphatic heterocycles. The molecule has 5 aromatic rings. The molecular weight excluding hydrogens is 394 g/mol. The van der Waals surface area contributed by atoms with Gasteiger partial charge in [-0.25, -0.2) is 8.58 Å². The zero-order chi connectivity index (χ0) is 20.3. The molecule has 0 spiro atoms. The molecule has 5 rings (SSSR count). The molecule has 0 saturated heterocycles. The number of rotatable bonds is 4. The molecule has 7 heteroatoms. The first-order valence-electron chi connectivity index (χ1n) is 9.66. The second-order valence-electron chi connectivity index (χ2n) is 6.90. The van der Waals surface area contributed by atoms with E-state index in [1.54, 1.807) is 0 Å². The van der Waals surface area contributed by atoms with Crippen LogP contribution in [0.1, 0.15) is 11.1 Å². The minimum Gasteiger partial charge on any atom is -0.332 e. The van der Waals surface area contributed by atoms with Crippen molar-refractivity contribution in [1.82, 2.24) is 18.7 Å². The Balaban J connectivity index is 1.49. The maximum Gasteiger partial charge on any atom is 0.343 e. The first-order valence-corrected chi connectivity index (χ1v) is 10.4. The van der Waals surface area contributed by atoms with Gasteiger partial charge in [-0.1, -0.05) is 72.8 Å². The van der Waals surface area contributed by atoms with Crippen molar-refractivity contribution in [1.29, 1.82) is 0 Å². The van der Waals surface area contributed by atoms with E-state index in [9.17, 15) is 4.79 Å². The molecule has 6 nitrogen and oxygen atoms in total. The van der Waals surface area contributed by atoms with E-state index in [1.165, 1.54) is 17.1 Å². The fourth-order valence-electron chi connectivity index (χ4n) is 3.44. The van der Waals surface area contributed by atoms with Crippen molar-refractivity contribution in [2.45, 2.75) is 13.1 Å². The second-order valence-corrected chi connectivity index (χ2v) is 7.81. The molecule has 148 valence electrons. The lowest BCUT2D eigenvalue weighted by molar-refractivity contribution is 0.248. The molecule has 2 amide bonds. The van der Waals surface area contributed by atoms with Crippen molar-refractivity contribution in [2.75, 3.05) is 0 Å². The zero-order valence-electron chi connectivity index (χ0n) is 16.1. The molecule has 0 fully saturated rings. The van der Waals surface area contributed by atoms with Gasteiger partial charge in [-0.15, -0.1) is 0 Å². The number of hydrogen-bond acceptors (Lipinski definition) is 3. The number of nitrogens with one attached hydrogen (secondary N) is 1. The molecule has 0 aliphatic rings. The quantitative estimate of drug-likeness (QED) is 0.480. The highest BCUT2D eigenvalue weighted by Crippen LogP contribution is 2.22. The lowest BCUT2D eigenvalue weighted by atomic mass is 10.2. The number of amides is 2. The number of imidazole rings is 1. The van der Waals surface area contributed by atoms with Gasteiger partial charge in [0, 0.05) is 6.54 Å². The van der Waals surface area contributed by atoms with Gasteiger partial charge in [0.1, 0.15) is 0 Å². The highest BCUT2D eigenvalue weighted by molar-refractivity contribution is 7.04. The topological polar surface area (TPSA) is 63.7 Å². The third kappa shape index (κ3) is 3.62. The molecule has 0 saturated carbocycles. The van der Waals surface area contributed by atoms with Crippen LogP contribution in [0.25, 0.3) is 16.8 Å². The van der Waals surface area contributed by atoms with Gasteiger partial charge in [0.15, 0.2) is 0 Å². The summed E-state index contributed by atoms with van der Waals surface area (Å²) < 4.78 is 4.18. The molecule has 3 aromatic carbocycles. The Labute approximate surface area is 176 Å². The Morgan fingerprint density at radius 3 is 2.23 bits per heavy atom. The fraction of sp³-hybridized carbons (Fsp3) is 0.0870. The molecule has 2 aromatic heterocycles. The predicted octanol–water partition coefficient (Wildman–Crippen LogP) is 4.21. The fourth-order valence-corrected chi connectivity index (χ4v) is 4.32. The molecule has 0 atom stereocenters. The Morgan fingerprint density at radius 1 is 0.867 bits per heavy atom. The van der Waals surface area contributed by atoms with Gasteiger partial charge in [0.25, 0.3) is 0 Å². The van der Waals surface area contributed by atoms with Crippen LogP contribution < -0.4 is 10.1 Å². The van der Waals surface area contributed by atoms with Crippen molar-refractivity contribution >= 4 is 34.4 Å². The highest BCUT2D eigenvalue weighted by atomic mass is 32.1. The van der Waals surface area contributed by atoms with Gasteiger partial charge < -0.3 is 9.88 Å². The highest BCUT2D eigenvalue weighted by Gasteiger charge is 2.14. The maximum atomic E-state index is 12.3. The van der Waals surface area contributed by atoms with Gasteiger partial charge in [0.2, 0.25) is 10.6 Å². The minimum atomic E-state index is -0.394. The van der Waals surface area contributed by atoms with E-state index in [0.717, 1.165) is 22.4 Å². The lowest BCUT2D eigenvalue weighted by Crippen LogP contribution is -2.21. The number of urea groups is 1. The number of hydrogen-bond donors (Lipinski definition) is 1. The van der Waals surface area contributed by atoms with Gasteiger partial charge in [-0.2, -0.15) is 9.98 Å². The zero-order valence-corrected chi connectivity index (χ0v) is 16.9. The van der Waals surface area contributed by atoms with E-state index in [4.69, 9.17) is 0 Å². The van der Waals surface area contributed by atoms with Crippen LogP contribution in [0.3, 0.4) is 0 Å². The van der Waals surface area contributed by atoms with Crippen molar-refractivity contribution in [2.24, 2.45) is 4.99 Å². The summed E-state index contributed by atoms with van der Waals surface area (Å²) in [6, 6.07) is 27.8. The number of benzene rings is 3. The third-order valence-corrected chi connectivity index (χ3v) is 5.74. The van der Waals surface area contributed by atoms with Crippen molar-refractivity contribution in [3.8, 4) is 0 Å². The monoisotopic (exact) mass is 413 g/mol. The number of para-hydroxylation sites is 2. The van der Waals surface area contributed by atoms with Crippen molar-refractivity contribution < 1.29 is 4.79 Å². The molecule has 0 unspecified atom stereocenters. The second kappa shape index (κ2) is 7.96. The van der Waals surface area contributed by atoms with E-state index in [1.807, 2.05) is 64.5 Å². The third-order valence-electron chi connectivity index (χ3n) is 4.85. The summed E-state index contributed by atoms with van der Waals surface area (Å²) in [4.78, 5) is 21.5. The van der Waals surface area contributed by atoms with Crippen LogP contribution in [-0.4, -0.2) is 19.4 Å². The van der Waals surface area contributed by atoms with E-state index < -0.39 is 6.03 Å². The molecule has 0 aliphatic carbocycles. The normalized spacial score (nSPS) is 11.9. The number of fused-ring (bicyclic) bond motifs is 3. The summed E-state index contributed by atoms with van der Waals surface area (Å²) in [6.45, 7) is 1.13. The number of nitrogens with zero attached hydrogens (tertiary/aromatic N) is 4. The molecule has 30 heavy (non-hydrogen) atoms. The van der Waals surface area contributed by atoms with Gasteiger partial charge in [-0.05, 0) is 34.8 Å². The maximum absolute atomic E-state index is 12.3. The molecule has 0 radical (unpaired) electrons. The molecule has 1 N–H and O–H groups in total. The van der Waals surface area contributed by atoms with E-state index >= 15 is 0 Å². The minimum absolute atomic E-state index is 0.394. The predicted molar refractivity (Wildman–Crippen MR) is 118 cm³/mol. The van der Waals surface area contributed by atoms with Crippen LogP contribution in [0.2, 0.25) is 0 Å². The van der Waals surface area contributed by atoms with Crippen LogP contribution in [0.15, 0.2) is 89.9 Å². The van der Waals surface area contributed by atoms with Crippen LogP contribution in [-0.2, 0) is 13.1 Å². The van der Waals surface area contributed by atoms with E-state index in [0.29, 0.717) is 17.9 Å². The van der Waals surface area contributed by atoms with Gasteiger partial charge in [-0.3, -0.25) is 0 Å². The van der Waals surface area contributed by atoms with Crippen molar-refractivity contribution in [3.05, 3.63) is 101 Å². The first kappa shape index (κ1) is 18.3. The largest absolute Gasteiger partial charge is 0.343 e. The summed E-state index contributed by atoms with van der Waals surface area (Å²) in [5, 5.41) is 2.82. The van der Waals surface area contributed by atoms with Gasteiger partial charge >= 0.3 is 6.03 Å². The van der Waals surface area contributed by atoms with E-state index in [2.05, 4.69) is 44.1 Å². The Hall–Kier alpha value is -3.71. The standard InChI is InChI=1S/C23H19N5OS/c29-21(24-15-17-9-3-1-4-10-17)25-22-26-23-27(16-18-11-5-2-6-12-18)19-13-7-8-14-20(19)28(23)30-22/h1-14H,15-16H2,(H,24,29). The summed E-state index contributed by atoms with van der Waals surface area (Å²) in [5.41, 5.74) is 4.36. The Kier molecular flexibility index (Phi) is 4.86. The average molecular weight is 414 g/mol. The lowest BCUT2D eigenvalue weighted by Gasteiger charge is -2.04. The summed E-state index contributed by atoms with van der Waals surface area (Å²) in [6.07, 6.45) is 0. The number of aromatic nitrogens is 3. The Morgan fingerprint density at radius 2 is 1.50 bits per heavy atom. The molecule has 2 heterocycles. The van der Waals surface area contributed by atoms with Crippen LogP contribution >= 0.6 is 11.5 Å². The SMILES string of the molecule is O=C(N=c1nc2n(Cc3ccccc3)c3ccccc3n2s1)NCc1ccccc1. The summed E-state index contributed by atoms with van der Waals surface area (Å²) in [7, 11) is 0. The number of carbonyl (C=O) groups excluding carboxylic acids is 1. The first-order chi connectivity index (χ1) is 14.8. The summed E-state index contributed by atoms with van der Waals surface area (Å²) >= 11 is 1.37. The van der Waals surface area contributed by atoms with Crippen LogP contribution in [0.5, 0.6) is 0 Å². The van der Waals surface area contributed by atoms with Crippen LogP contribution in [0.4, 0.5) is 4.79 Å². The number of carbonyl (C=O) groups is 1.